The van der Waals surface area contributed by atoms with Gasteiger partial charge in [-0.2, -0.15) is 0 Å². The fourth-order valence-electron chi connectivity index (χ4n) is 1.50. The Labute approximate surface area is 127 Å². The highest BCUT2D eigenvalue weighted by molar-refractivity contribution is 6.32. The first-order valence-corrected chi connectivity index (χ1v) is 6.56. The van der Waals surface area contributed by atoms with Gasteiger partial charge in [-0.1, -0.05) is 11.6 Å². The number of amides is 2. The van der Waals surface area contributed by atoms with Gasteiger partial charge in [-0.15, -0.1) is 0 Å². The molecule has 2 amide bonds. The highest BCUT2D eigenvalue weighted by Crippen LogP contribution is 2.36. The Bertz CT molecular complexity index is 536. The summed E-state index contributed by atoms with van der Waals surface area (Å²) in [7, 11) is 1.40. The van der Waals surface area contributed by atoms with E-state index in [1.54, 1.807) is 6.92 Å². The standard InChI is InChI=1S/C13H18ClN3O4/c1-7(5-15)17-13(19)8-3-9(14)12(10(4-8)20-2)21-6-11(16)18/h3-4,7H,5-6,15H2,1-2H3,(H2,16,18)(H,17,19)/t7-/m0/s1. The molecule has 0 fully saturated rings. The lowest BCUT2D eigenvalue weighted by atomic mass is 10.1. The first kappa shape index (κ1) is 17.1. The number of rotatable bonds is 7. The van der Waals surface area contributed by atoms with Gasteiger partial charge >= 0.3 is 0 Å². The van der Waals surface area contributed by atoms with E-state index in [1.807, 2.05) is 0 Å². The minimum Gasteiger partial charge on any atom is -0.493 e. The molecule has 1 aromatic rings. The van der Waals surface area contributed by atoms with E-state index in [0.717, 1.165) is 0 Å². The number of primary amides is 1. The summed E-state index contributed by atoms with van der Waals surface area (Å²) in [6.07, 6.45) is 0. The molecule has 0 saturated heterocycles. The molecule has 0 bridgehead atoms. The maximum Gasteiger partial charge on any atom is 0.255 e. The number of carbonyl (C=O) groups is 2. The third-order valence-electron chi connectivity index (χ3n) is 2.58. The van der Waals surface area contributed by atoms with E-state index in [9.17, 15) is 9.59 Å². The van der Waals surface area contributed by atoms with Crippen molar-refractivity contribution in [1.29, 1.82) is 0 Å². The van der Waals surface area contributed by atoms with Crippen molar-refractivity contribution >= 4 is 23.4 Å². The molecule has 116 valence electrons. The Morgan fingerprint density at radius 3 is 2.62 bits per heavy atom. The smallest absolute Gasteiger partial charge is 0.255 e. The van der Waals surface area contributed by atoms with Crippen LogP contribution in [0.3, 0.4) is 0 Å². The number of nitrogens with two attached hydrogens (primary N) is 2. The molecular formula is C13H18ClN3O4. The second kappa shape index (κ2) is 7.70. The van der Waals surface area contributed by atoms with Gasteiger partial charge in [-0.05, 0) is 19.1 Å². The Morgan fingerprint density at radius 1 is 1.43 bits per heavy atom. The van der Waals surface area contributed by atoms with Crippen molar-refractivity contribution < 1.29 is 19.1 Å². The maximum atomic E-state index is 12.0. The molecule has 0 saturated carbocycles. The lowest BCUT2D eigenvalue weighted by Crippen LogP contribution is -2.37. The summed E-state index contributed by atoms with van der Waals surface area (Å²) < 4.78 is 10.3. The van der Waals surface area contributed by atoms with Crippen LogP contribution < -0.4 is 26.3 Å². The van der Waals surface area contributed by atoms with Crippen LogP contribution in [-0.4, -0.2) is 38.1 Å². The van der Waals surface area contributed by atoms with E-state index >= 15 is 0 Å². The Hall–Kier alpha value is -1.99. The fourth-order valence-corrected chi connectivity index (χ4v) is 1.77. The highest BCUT2D eigenvalue weighted by atomic mass is 35.5. The van der Waals surface area contributed by atoms with E-state index in [2.05, 4.69) is 5.32 Å². The molecule has 0 aromatic heterocycles. The molecule has 8 heteroatoms. The Morgan fingerprint density at radius 2 is 2.10 bits per heavy atom. The zero-order valence-electron chi connectivity index (χ0n) is 11.8. The summed E-state index contributed by atoms with van der Waals surface area (Å²) in [5.74, 6) is -0.600. The lowest BCUT2D eigenvalue weighted by Gasteiger charge is -2.15. The van der Waals surface area contributed by atoms with Crippen LogP contribution in [0.4, 0.5) is 0 Å². The third-order valence-corrected chi connectivity index (χ3v) is 2.86. The fraction of sp³-hybridized carbons (Fsp3) is 0.385. The van der Waals surface area contributed by atoms with Crippen LogP contribution in [0.5, 0.6) is 11.5 Å². The highest BCUT2D eigenvalue weighted by Gasteiger charge is 2.17. The number of benzene rings is 1. The van der Waals surface area contributed by atoms with Crippen molar-refractivity contribution in [3.05, 3.63) is 22.7 Å². The zero-order valence-corrected chi connectivity index (χ0v) is 12.6. The molecule has 5 N–H and O–H groups in total. The van der Waals surface area contributed by atoms with Crippen LogP contribution in [0.1, 0.15) is 17.3 Å². The molecule has 1 atom stereocenters. The molecule has 0 radical (unpaired) electrons. The van der Waals surface area contributed by atoms with Gasteiger partial charge in [-0.25, -0.2) is 0 Å². The number of halogens is 1. The maximum absolute atomic E-state index is 12.0. The van der Waals surface area contributed by atoms with Gasteiger partial charge < -0.3 is 26.3 Å². The minimum atomic E-state index is -0.647. The number of hydrogen-bond acceptors (Lipinski definition) is 5. The van der Waals surface area contributed by atoms with Gasteiger partial charge in [0, 0.05) is 18.2 Å². The van der Waals surface area contributed by atoms with Gasteiger partial charge in [0.1, 0.15) is 0 Å². The van der Waals surface area contributed by atoms with E-state index in [1.165, 1.54) is 19.2 Å². The van der Waals surface area contributed by atoms with Gasteiger partial charge in [0.15, 0.2) is 18.1 Å². The summed E-state index contributed by atoms with van der Waals surface area (Å²) in [5, 5.41) is 2.84. The molecule has 21 heavy (non-hydrogen) atoms. The quantitative estimate of drug-likeness (QED) is 0.668. The summed E-state index contributed by atoms with van der Waals surface area (Å²) in [6.45, 7) is 1.75. The largest absolute Gasteiger partial charge is 0.493 e. The van der Waals surface area contributed by atoms with Gasteiger partial charge in [0.2, 0.25) is 0 Å². The second-order valence-corrected chi connectivity index (χ2v) is 4.76. The van der Waals surface area contributed by atoms with Crippen LogP contribution in [0.25, 0.3) is 0 Å². The van der Waals surface area contributed by atoms with Crippen molar-refractivity contribution in [2.24, 2.45) is 11.5 Å². The second-order valence-electron chi connectivity index (χ2n) is 4.35. The topological polar surface area (TPSA) is 117 Å². The predicted octanol–water partition coefficient (Wildman–Crippen LogP) is 0.290. The van der Waals surface area contributed by atoms with Gasteiger partial charge in [0.25, 0.3) is 11.8 Å². The van der Waals surface area contributed by atoms with Crippen molar-refractivity contribution in [3.63, 3.8) is 0 Å². The average Bonchev–Trinajstić information content (AvgIpc) is 2.44. The van der Waals surface area contributed by atoms with Crippen LogP contribution >= 0.6 is 11.6 Å². The molecule has 7 nitrogen and oxygen atoms in total. The molecule has 0 aliphatic carbocycles. The van der Waals surface area contributed by atoms with Crippen LogP contribution in [0.2, 0.25) is 5.02 Å². The Kier molecular flexibility index (Phi) is 6.26. The lowest BCUT2D eigenvalue weighted by molar-refractivity contribution is -0.119. The minimum absolute atomic E-state index is 0.140. The van der Waals surface area contributed by atoms with Gasteiger partial charge in [0.05, 0.1) is 12.1 Å². The van der Waals surface area contributed by atoms with E-state index in [-0.39, 0.29) is 35.1 Å². The molecular weight excluding hydrogens is 298 g/mol. The van der Waals surface area contributed by atoms with E-state index in [0.29, 0.717) is 12.1 Å². The van der Waals surface area contributed by atoms with Crippen LogP contribution in [0, 0.1) is 0 Å². The molecule has 0 spiro atoms. The SMILES string of the molecule is COc1cc(C(=O)N[C@@H](C)CN)cc(Cl)c1OCC(N)=O. The molecule has 0 aliphatic heterocycles. The normalized spacial score (nSPS) is 11.6. The number of methoxy groups -OCH3 is 1. The van der Waals surface area contributed by atoms with Crippen LogP contribution in [-0.2, 0) is 4.79 Å². The summed E-state index contributed by atoms with van der Waals surface area (Å²) in [6, 6.07) is 2.70. The van der Waals surface area contributed by atoms with Crippen molar-refractivity contribution in [1.82, 2.24) is 5.32 Å². The van der Waals surface area contributed by atoms with E-state index < -0.39 is 5.91 Å². The average molecular weight is 316 g/mol. The predicted molar refractivity (Wildman–Crippen MR) is 78.7 cm³/mol. The van der Waals surface area contributed by atoms with Crippen molar-refractivity contribution in [2.45, 2.75) is 13.0 Å². The van der Waals surface area contributed by atoms with Gasteiger partial charge in [-0.3, -0.25) is 9.59 Å². The molecule has 0 unspecified atom stereocenters. The van der Waals surface area contributed by atoms with Crippen molar-refractivity contribution in [2.75, 3.05) is 20.3 Å². The summed E-state index contributed by atoms with van der Waals surface area (Å²) in [5.41, 5.74) is 10.7. The third kappa shape index (κ3) is 4.80. The van der Waals surface area contributed by atoms with Crippen LogP contribution in [0.15, 0.2) is 12.1 Å². The van der Waals surface area contributed by atoms with Crippen molar-refractivity contribution in [3.8, 4) is 11.5 Å². The first-order chi connectivity index (χ1) is 9.88. The summed E-state index contributed by atoms with van der Waals surface area (Å²) >= 11 is 6.05. The Balaban J connectivity index is 3.02. The van der Waals surface area contributed by atoms with E-state index in [4.69, 9.17) is 32.5 Å². The molecule has 0 aliphatic rings. The summed E-state index contributed by atoms with van der Waals surface area (Å²) in [4.78, 5) is 22.8. The zero-order chi connectivity index (χ0) is 16.0. The number of ether oxygens (including phenoxy) is 2. The number of hydrogen-bond donors (Lipinski definition) is 3. The first-order valence-electron chi connectivity index (χ1n) is 6.18. The molecule has 1 aromatic carbocycles. The molecule has 1 rings (SSSR count). The molecule has 0 heterocycles. The number of nitrogens with one attached hydrogen (secondary N) is 1. The monoisotopic (exact) mass is 315 g/mol. The number of carbonyl (C=O) groups excluding carboxylic acids is 2.